The van der Waals surface area contributed by atoms with E-state index in [1.807, 2.05) is 6.92 Å². The minimum Gasteiger partial charge on any atom is -0.364 e. The Morgan fingerprint density at radius 2 is 1.88 bits per heavy atom. The van der Waals surface area contributed by atoms with E-state index in [1.165, 1.54) is 22.3 Å². The van der Waals surface area contributed by atoms with Crippen molar-refractivity contribution in [2.24, 2.45) is 0 Å². The van der Waals surface area contributed by atoms with E-state index in [0.717, 1.165) is 26.7 Å². The van der Waals surface area contributed by atoms with Crippen LogP contribution in [0.15, 0.2) is 35.3 Å². The number of fused-ring (bicyclic) bond motifs is 1. The van der Waals surface area contributed by atoms with E-state index in [2.05, 4.69) is 63.1 Å². The number of nitrogens with one attached hydrogen (secondary N) is 1. The zero-order chi connectivity index (χ0) is 17.4. The molecule has 0 saturated heterocycles. The van der Waals surface area contributed by atoms with Gasteiger partial charge in [0.1, 0.15) is 17.0 Å². The van der Waals surface area contributed by atoms with Crippen molar-refractivity contribution in [2.45, 2.75) is 27.3 Å². The van der Waals surface area contributed by atoms with Gasteiger partial charge >= 0.3 is 0 Å². The summed E-state index contributed by atoms with van der Waals surface area (Å²) in [5.41, 5.74) is 6.02. The number of aromatic nitrogens is 3. The van der Waals surface area contributed by atoms with Crippen molar-refractivity contribution in [1.29, 1.82) is 0 Å². The molecule has 0 unspecified atom stereocenters. The summed E-state index contributed by atoms with van der Waals surface area (Å²) in [6.07, 6.45) is 1.62. The monoisotopic (exact) mass is 366 g/mol. The van der Waals surface area contributed by atoms with Crippen LogP contribution in [0.2, 0.25) is 0 Å². The van der Waals surface area contributed by atoms with Gasteiger partial charge in [0.25, 0.3) is 0 Å². The maximum Gasteiger partial charge on any atom is 0.139 e. The standard InChI is InChI=1S/C19H18N4S2/c1-11-4-5-14(6-12(11)2)16-9-25-19-17(16)18(21-10-22-19)20-7-15-8-24-13(3)23-15/h4-6,8-10H,7H2,1-3H3,(H,20,21,22). The first-order valence-corrected chi connectivity index (χ1v) is 9.82. The molecule has 0 aliphatic carbocycles. The molecule has 4 rings (SSSR count). The van der Waals surface area contributed by atoms with E-state index in [0.29, 0.717) is 6.54 Å². The Bertz CT molecular complexity index is 1050. The lowest BCUT2D eigenvalue weighted by Gasteiger charge is -2.08. The molecule has 0 radical (unpaired) electrons. The third-order valence-corrected chi connectivity index (χ3v) is 6.00. The van der Waals surface area contributed by atoms with Gasteiger partial charge in [0.05, 0.1) is 22.6 Å². The molecule has 1 N–H and O–H groups in total. The molecule has 126 valence electrons. The molecule has 3 aromatic heterocycles. The molecule has 4 aromatic rings. The zero-order valence-corrected chi connectivity index (χ0v) is 16.0. The number of thiazole rings is 1. The molecule has 0 aliphatic rings. The number of aryl methyl sites for hydroxylation is 3. The van der Waals surface area contributed by atoms with Crippen LogP contribution in [-0.4, -0.2) is 15.0 Å². The molecule has 0 amide bonds. The summed E-state index contributed by atoms with van der Waals surface area (Å²) < 4.78 is 0. The molecule has 0 fully saturated rings. The Balaban J connectivity index is 1.74. The summed E-state index contributed by atoms with van der Waals surface area (Å²) in [6.45, 7) is 6.97. The Kier molecular flexibility index (Phi) is 4.23. The molecule has 3 heterocycles. The molecule has 4 nitrogen and oxygen atoms in total. The van der Waals surface area contributed by atoms with Gasteiger partial charge in [-0.25, -0.2) is 15.0 Å². The summed E-state index contributed by atoms with van der Waals surface area (Å²) in [6, 6.07) is 6.57. The van der Waals surface area contributed by atoms with Gasteiger partial charge in [-0.2, -0.15) is 0 Å². The molecular weight excluding hydrogens is 348 g/mol. The normalized spacial score (nSPS) is 11.2. The molecule has 0 aliphatic heterocycles. The molecule has 1 aromatic carbocycles. The van der Waals surface area contributed by atoms with Crippen LogP contribution in [0, 0.1) is 20.8 Å². The molecule has 0 spiro atoms. The van der Waals surface area contributed by atoms with E-state index in [9.17, 15) is 0 Å². The van der Waals surface area contributed by atoms with Gasteiger partial charge < -0.3 is 5.32 Å². The number of thiophene rings is 1. The Morgan fingerprint density at radius 3 is 2.64 bits per heavy atom. The zero-order valence-electron chi connectivity index (χ0n) is 14.3. The van der Waals surface area contributed by atoms with Gasteiger partial charge in [-0.1, -0.05) is 18.2 Å². The van der Waals surface area contributed by atoms with Crippen LogP contribution in [0.25, 0.3) is 21.3 Å². The third-order valence-electron chi connectivity index (χ3n) is 4.29. The fourth-order valence-corrected chi connectivity index (χ4v) is 4.32. The van der Waals surface area contributed by atoms with Crippen LogP contribution < -0.4 is 5.32 Å². The van der Waals surface area contributed by atoms with Crippen LogP contribution in [0.4, 0.5) is 5.82 Å². The summed E-state index contributed by atoms with van der Waals surface area (Å²) in [5.74, 6) is 0.866. The van der Waals surface area contributed by atoms with Crippen molar-refractivity contribution < 1.29 is 0 Å². The second-order valence-electron chi connectivity index (χ2n) is 6.06. The van der Waals surface area contributed by atoms with Crippen molar-refractivity contribution in [3.8, 4) is 11.1 Å². The van der Waals surface area contributed by atoms with Crippen LogP contribution in [-0.2, 0) is 6.54 Å². The second kappa shape index (κ2) is 6.54. The lowest BCUT2D eigenvalue weighted by molar-refractivity contribution is 1.04. The van der Waals surface area contributed by atoms with E-state index in [4.69, 9.17) is 0 Å². The topological polar surface area (TPSA) is 50.7 Å². The predicted molar refractivity (Wildman–Crippen MR) is 107 cm³/mol. The van der Waals surface area contributed by atoms with Crippen LogP contribution in [0.1, 0.15) is 21.8 Å². The number of benzene rings is 1. The summed E-state index contributed by atoms with van der Waals surface area (Å²) >= 11 is 3.32. The van der Waals surface area contributed by atoms with Crippen molar-refractivity contribution in [3.63, 3.8) is 0 Å². The van der Waals surface area contributed by atoms with Crippen LogP contribution in [0.3, 0.4) is 0 Å². The first-order chi connectivity index (χ1) is 12.1. The quantitative estimate of drug-likeness (QED) is 0.529. The van der Waals surface area contributed by atoms with Gasteiger partial charge in [0.2, 0.25) is 0 Å². The van der Waals surface area contributed by atoms with Crippen molar-refractivity contribution in [1.82, 2.24) is 15.0 Å². The predicted octanol–water partition coefficient (Wildman–Crippen LogP) is 5.35. The minimum absolute atomic E-state index is 0.665. The minimum atomic E-state index is 0.665. The fourth-order valence-electron chi connectivity index (χ4n) is 2.79. The molecule has 0 saturated carbocycles. The highest BCUT2D eigenvalue weighted by Crippen LogP contribution is 2.37. The van der Waals surface area contributed by atoms with Gasteiger partial charge in [-0.05, 0) is 37.5 Å². The largest absolute Gasteiger partial charge is 0.364 e. The number of hydrogen-bond donors (Lipinski definition) is 1. The number of anilines is 1. The van der Waals surface area contributed by atoms with Crippen molar-refractivity contribution in [3.05, 3.63) is 57.1 Å². The third kappa shape index (κ3) is 3.15. The van der Waals surface area contributed by atoms with Crippen molar-refractivity contribution >= 4 is 38.7 Å². The van der Waals surface area contributed by atoms with Crippen LogP contribution in [0.5, 0.6) is 0 Å². The average molecular weight is 367 g/mol. The number of rotatable bonds is 4. The maximum atomic E-state index is 4.51. The molecular formula is C19H18N4S2. The fraction of sp³-hybridized carbons (Fsp3) is 0.211. The smallest absolute Gasteiger partial charge is 0.139 e. The number of hydrogen-bond acceptors (Lipinski definition) is 6. The Labute approximate surface area is 154 Å². The summed E-state index contributed by atoms with van der Waals surface area (Å²) in [7, 11) is 0. The van der Waals surface area contributed by atoms with E-state index in [-0.39, 0.29) is 0 Å². The van der Waals surface area contributed by atoms with Gasteiger partial charge in [0.15, 0.2) is 0 Å². The van der Waals surface area contributed by atoms with E-state index < -0.39 is 0 Å². The maximum absolute atomic E-state index is 4.51. The highest BCUT2D eigenvalue weighted by Gasteiger charge is 2.13. The lowest BCUT2D eigenvalue weighted by Crippen LogP contribution is -2.02. The van der Waals surface area contributed by atoms with E-state index >= 15 is 0 Å². The first kappa shape index (κ1) is 16.2. The molecule has 25 heavy (non-hydrogen) atoms. The SMILES string of the molecule is Cc1nc(CNc2ncnc3scc(-c4ccc(C)c(C)c4)c23)cs1. The lowest BCUT2D eigenvalue weighted by atomic mass is 10.0. The summed E-state index contributed by atoms with van der Waals surface area (Å²) in [4.78, 5) is 14.4. The Morgan fingerprint density at radius 1 is 1.00 bits per heavy atom. The molecule has 6 heteroatoms. The van der Waals surface area contributed by atoms with Crippen molar-refractivity contribution in [2.75, 3.05) is 5.32 Å². The molecule has 0 bridgehead atoms. The van der Waals surface area contributed by atoms with Gasteiger partial charge in [-0.3, -0.25) is 0 Å². The highest BCUT2D eigenvalue weighted by molar-refractivity contribution is 7.17. The first-order valence-electron chi connectivity index (χ1n) is 8.06. The summed E-state index contributed by atoms with van der Waals surface area (Å²) in [5, 5.41) is 9.85. The van der Waals surface area contributed by atoms with Gasteiger partial charge in [0, 0.05) is 16.3 Å². The van der Waals surface area contributed by atoms with E-state index in [1.54, 1.807) is 29.0 Å². The molecule has 0 atom stereocenters. The Hall–Kier alpha value is -2.31. The van der Waals surface area contributed by atoms with Crippen LogP contribution >= 0.6 is 22.7 Å². The number of nitrogens with zero attached hydrogens (tertiary/aromatic N) is 3. The van der Waals surface area contributed by atoms with Gasteiger partial charge in [-0.15, -0.1) is 22.7 Å². The second-order valence-corrected chi connectivity index (χ2v) is 7.98. The average Bonchev–Trinajstić information content (AvgIpc) is 3.22. The highest BCUT2D eigenvalue weighted by atomic mass is 32.1.